The van der Waals surface area contributed by atoms with Crippen molar-refractivity contribution in [2.45, 2.75) is 23.8 Å². The molecule has 0 amide bonds. The predicted octanol–water partition coefficient (Wildman–Crippen LogP) is 4.26. The molecule has 1 fully saturated rings. The van der Waals surface area contributed by atoms with Crippen molar-refractivity contribution < 1.29 is 0 Å². The maximum Gasteiger partial charge on any atom is 0.0556 e. The number of nitrogens with one attached hydrogen (secondary N) is 1. The zero-order valence-electron chi connectivity index (χ0n) is 8.71. The van der Waals surface area contributed by atoms with Gasteiger partial charge in [0.15, 0.2) is 0 Å². The summed E-state index contributed by atoms with van der Waals surface area (Å²) in [7, 11) is 0. The van der Waals surface area contributed by atoms with Gasteiger partial charge in [0.25, 0.3) is 0 Å². The summed E-state index contributed by atoms with van der Waals surface area (Å²) in [6.07, 6.45) is 2.54. The highest BCUT2D eigenvalue weighted by Gasteiger charge is 2.15. The smallest absolute Gasteiger partial charge is 0.0556 e. The average Bonchev–Trinajstić information content (AvgIpc) is 2.70. The number of hydrogen-bond acceptors (Lipinski definition) is 2. The van der Waals surface area contributed by atoms with Gasteiger partial charge in [-0.05, 0) is 31.5 Å². The predicted molar refractivity (Wildman–Crippen MR) is 75.5 cm³/mol. The van der Waals surface area contributed by atoms with Gasteiger partial charge in [-0.2, -0.15) is 0 Å². The van der Waals surface area contributed by atoms with Crippen molar-refractivity contribution in [1.29, 1.82) is 0 Å². The quantitative estimate of drug-likeness (QED) is 0.837. The number of thioether (sulfide) groups is 1. The topological polar surface area (TPSA) is 12.0 Å². The summed E-state index contributed by atoms with van der Waals surface area (Å²) in [4.78, 5) is 1.01. The zero-order valence-corrected chi connectivity index (χ0v) is 11.9. The lowest BCUT2D eigenvalue weighted by atomic mass is 10.3. The molecule has 0 radical (unpaired) electrons. The van der Waals surface area contributed by atoms with Gasteiger partial charge in [0.05, 0.1) is 10.0 Å². The molecule has 16 heavy (non-hydrogen) atoms. The number of halogens is 3. The van der Waals surface area contributed by atoms with Crippen LogP contribution in [0, 0.1) is 0 Å². The second kappa shape index (κ2) is 6.97. The SMILES string of the molecule is Cl.Clc1cccc(Cl)c1SCC1CCCN1. The number of rotatable bonds is 3. The Morgan fingerprint density at radius 3 is 2.56 bits per heavy atom. The molecule has 0 spiro atoms. The molecule has 1 saturated heterocycles. The molecule has 1 aliphatic rings. The largest absolute Gasteiger partial charge is 0.313 e. The van der Waals surface area contributed by atoms with Gasteiger partial charge in [-0.1, -0.05) is 29.3 Å². The number of benzene rings is 1. The molecular weight excluding hydrogens is 285 g/mol. The normalized spacial score (nSPS) is 19.5. The van der Waals surface area contributed by atoms with Crippen LogP contribution in [0.15, 0.2) is 23.1 Å². The maximum atomic E-state index is 6.09. The molecule has 1 N–H and O–H groups in total. The van der Waals surface area contributed by atoms with Gasteiger partial charge >= 0.3 is 0 Å². The van der Waals surface area contributed by atoms with Crippen LogP contribution in [-0.2, 0) is 0 Å². The Bertz CT molecular complexity index is 320. The summed E-state index contributed by atoms with van der Waals surface area (Å²) in [5.74, 6) is 1.05. The van der Waals surface area contributed by atoms with Crippen LogP contribution >= 0.6 is 47.4 Å². The molecule has 0 saturated carbocycles. The van der Waals surface area contributed by atoms with Crippen molar-refractivity contribution in [2.24, 2.45) is 0 Å². The summed E-state index contributed by atoms with van der Waals surface area (Å²) in [5, 5.41) is 4.97. The van der Waals surface area contributed by atoms with E-state index in [9.17, 15) is 0 Å². The van der Waals surface area contributed by atoms with E-state index in [0.717, 1.165) is 27.2 Å². The van der Waals surface area contributed by atoms with E-state index in [0.29, 0.717) is 6.04 Å². The standard InChI is InChI=1S/C11H13Cl2NS.ClH/c12-9-4-1-5-10(13)11(9)15-7-8-3-2-6-14-8;/h1,4-5,8,14H,2-3,6-7H2;1H. The van der Waals surface area contributed by atoms with Crippen LogP contribution < -0.4 is 5.32 Å². The highest BCUT2D eigenvalue weighted by Crippen LogP contribution is 2.34. The van der Waals surface area contributed by atoms with Crippen LogP contribution in [0.3, 0.4) is 0 Å². The van der Waals surface area contributed by atoms with Crippen LogP contribution in [-0.4, -0.2) is 18.3 Å². The molecule has 1 aliphatic heterocycles. The summed E-state index contributed by atoms with van der Waals surface area (Å²) >= 11 is 13.9. The second-order valence-electron chi connectivity index (χ2n) is 3.66. The molecule has 1 nitrogen and oxygen atoms in total. The molecular formula is C11H14Cl3NS. The first-order chi connectivity index (χ1) is 7.27. The fourth-order valence-electron chi connectivity index (χ4n) is 1.70. The summed E-state index contributed by atoms with van der Waals surface area (Å²) in [6.45, 7) is 1.14. The molecule has 5 heteroatoms. The highest BCUT2D eigenvalue weighted by molar-refractivity contribution is 7.99. The Labute approximate surface area is 117 Å². The van der Waals surface area contributed by atoms with Crippen LogP contribution in [0.1, 0.15) is 12.8 Å². The molecule has 90 valence electrons. The molecule has 1 unspecified atom stereocenters. The van der Waals surface area contributed by atoms with E-state index >= 15 is 0 Å². The zero-order chi connectivity index (χ0) is 10.7. The van der Waals surface area contributed by atoms with Crippen molar-refractivity contribution in [3.8, 4) is 0 Å². The van der Waals surface area contributed by atoms with Crippen molar-refractivity contribution in [3.05, 3.63) is 28.2 Å². The summed E-state index contributed by atoms with van der Waals surface area (Å²) in [6, 6.07) is 6.26. The lowest BCUT2D eigenvalue weighted by Gasteiger charge is -2.11. The average molecular weight is 299 g/mol. The third-order valence-corrected chi connectivity index (χ3v) is 4.66. The lowest BCUT2D eigenvalue weighted by molar-refractivity contribution is 0.674. The highest BCUT2D eigenvalue weighted by atomic mass is 35.5. The summed E-state index contributed by atoms with van der Waals surface area (Å²) < 4.78 is 0. The van der Waals surface area contributed by atoms with Crippen molar-refractivity contribution in [2.75, 3.05) is 12.3 Å². The Balaban J connectivity index is 0.00000128. The minimum Gasteiger partial charge on any atom is -0.313 e. The first kappa shape index (κ1) is 14.5. The second-order valence-corrected chi connectivity index (χ2v) is 5.50. The minimum atomic E-state index is 0. The van der Waals surface area contributed by atoms with Crippen LogP contribution in [0.5, 0.6) is 0 Å². The molecule has 2 rings (SSSR count). The van der Waals surface area contributed by atoms with Crippen molar-refractivity contribution >= 4 is 47.4 Å². The van der Waals surface area contributed by atoms with Gasteiger partial charge in [-0.15, -0.1) is 24.2 Å². The van der Waals surface area contributed by atoms with Gasteiger partial charge in [0, 0.05) is 16.7 Å². The fourth-order valence-corrected chi connectivity index (χ4v) is 3.49. The van der Waals surface area contributed by atoms with E-state index in [1.807, 2.05) is 18.2 Å². The monoisotopic (exact) mass is 297 g/mol. The third-order valence-electron chi connectivity index (χ3n) is 2.51. The summed E-state index contributed by atoms with van der Waals surface area (Å²) in [5.41, 5.74) is 0. The Morgan fingerprint density at radius 2 is 2.00 bits per heavy atom. The van der Waals surface area contributed by atoms with E-state index in [1.54, 1.807) is 11.8 Å². The van der Waals surface area contributed by atoms with Crippen LogP contribution in [0.2, 0.25) is 10.0 Å². The molecule has 0 aromatic heterocycles. The third kappa shape index (κ3) is 3.71. The van der Waals surface area contributed by atoms with E-state index in [1.165, 1.54) is 12.8 Å². The van der Waals surface area contributed by atoms with Crippen molar-refractivity contribution in [3.63, 3.8) is 0 Å². The van der Waals surface area contributed by atoms with E-state index in [4.69, 9.17) is 23.2 Å². The minimum absolute atomic E-state index is 0. The van der Waals surface area contributed by atoms with Gasteiger partial charge in [-0.3, -0.25) is 0 Å². The van der Waals surface area contributed by atoms with Gasteiger partial charge in [-0.25, -0.2) is 0 Å². The molecule has 1 atom stereocenters. The number of hydrogen-bond donors (Lipinski definition) is 1. The van der Waals surface area contributed by atoms with E-state index < -0.39 is 0 Å². The fraction of sp³-hybridized carbons (Fsp3) is 0.455. The van der Waals surface area contributed by atoms with Crippen molar-refractivity contribution in [1.82, 2.24) is 5.32 Å². The van der Waals surface area contributed by atoms with E-state index in [2.05, 4.69) is 5.32 Å². The molecule has 1 heterocycles. The lowest BCUT2D eigenvalue weighted by Crippen LogP contribution is -2.23. The molecule has 0 aliphatic carbocycles. The molecule has 1 aromatic carbocycles. The van der Waals surface area contributed by atoms with Crippen LogP contribution in [0.25, 0.3) is 0 Å². The molecule has 0 bridgehead atoms. The van der Waals surface area contributed by atoms with Gasteiger partial charge in [0.1, 0.15) is 0 Å². The first-order valence-electron chi connectivity index (χ1n) is 5.07. The van der Waals surface area contributed by atoms with Gasteiger partial charge in [0.2, 0.25) is 0 Å². The Hall–Kier alpha value is 0.400. The van der Waals surface area contributed by atoms with Crippen LogP contribution in [0.4, 0.5) is 0 Å². The first-order valence-corrected chi connectivity index (χ1v) is 6.82. The van der Waals surface area contributed by atoms with Gasteiger partial charge < -0.3 is 5.32 Å². The molecule has 1 aromatic rings. The maximum absolute atomic E-state index is 6.09. The Morgan fingerprint density at radius 1 is 1.31 bits per heavy atom. The Kier molecular flexibility index (Phi) is 6.30. The van der Waals surface area contributed by atoms with E-state index in [-0.39, 0.29) is 12.4 Å².